The van der Waals surface area contributed by atoms with E-state index in [9.17, 15) is 9.90 Å². The molecule has 0 aliphatic rings. The molecule has 0 bridgehead atoms. The molecule has 0 saturated heterocycles. The second-order valence-corrected chi connectivity index (χ2v) is 5.58. The molecule has 0 saturated carbocycles. The highest BCUT2D eigenvalue weighted by atomic mass is 16.5. The largest absolute Gasteiger partial charge is 0.508 e. The van der Waals surface area contributed by atoms with Gasteiger partial charge in [0.15, 0.2) is 0 Å². The topological polar surface area (TPSA) is 99.6 Å². The van der Waals surface area contributed by atoms with E-state index < -0.39 is 5.91 Å². The molecule has 3 aromatic rings. The summed E-state index contributed by atoms with van der Waals surface area (Å²) in [6.07, 6.45) is 0. The SMILES string of the molecule is COc1ccc(-c2cc(C(=O)NN=C(C)c3ccc(O)cc3)[nH]n2)cc1. The number of amides is 1. The van der Waals surface area contributed by atoms with E-state index >= 15 is 0 Å². The number of rotatable bonds is 5. The first-order valence-electron chi connectivity index (χ1n) is 7.90. The minimum atomic E-state index is -0.393. The Balaban J connectivity index is 1.69. The van der Waals surface area contributed by atoms with Crippen molar-refractivity contribution in [2.75, 3.05) is 7.11 Å². The number of benzene rings is 2. The number of nitrogens with one attached hydrogen (secondary N) is 2. The van der Waals surface area contributed by atoms with Crippen LogP contribution in [0.4, 0.5) is 0 Å². The predicted octanol–water partition coefficient (Wildman–Crippen LogP) is 2.94. The van der Waals surface area contributed by atoms with Crippen LogP contribution in [0.3, 0.4) is 0 Å². The van der Waals surface area contributed by atoms with Crippen molar-refractivity contribution in [1.29, 1.82) is 0 Å². The molecule has 0 fully saturated rings. The molecule has 0 spiro atoms. The van der Waals surface area contributed by atoms with Crippen molar-refractivity contribution in [3.05, 3.63) is 65.9 Å². The summed E-state index contributed by atoms with van der Waals surface area (Å²) < 4.78 is 5.12. The molecule has 3 rings (SSSR count). The van der Waals surface area contributed by atoms with Gasteiger partial charge in [-0.05, 0) is 67.1 Å². The van der Waals surface area contributed by atoms with Gasteiger partial charge in [-0.25, -0.2) is 5.43 Å². The standard InChI is InChI=1S/C19H18N4O3/c1-12(13-3-7-15(24)8-4-13)20-23-19(25)18-11-17(21-22-18)14-5-9-16(26-2)10-6-14/h3-11,24H,1-2H3,(H,21,22)(H,23,25). The molecule has 0 radical (unpaired) electrons. The van der Waals surface area contributed by atoms with E-state index in [1.165, 1.54) is 0 Å². The maximum Gasteiger partial charge on any atom is 0.289 e. The normalized spacial score (nSPS) is 11.2. The summed E-state index contributed by atoms with van der Waals surface area (Å²) in [7, 11) is 1.60. The number of methoxy groups -OCH3 is 1. The van der Waals surface area contributed by atoms with Crippen LogP contribution in [0.15, 0.2) is 59.7 Å². The van der Waals surface area contributed by atoms with Crippen LogP contribution in [0.2, 0.25) is 0 Å². The summed E-state index contributed by atoms with van der Waals surface area (Å²) in [6.45, 7) is 1.77. The lowest BCUT2D eigenvalue weighted by atomic mass is 10.1. The average molecular weight is 350 g/mol. The number of hydrogen-bond donors (Lipinski definition) is 3. The molecule has 1 aromatic heterocycles. The van der Waals surface area contributed by atoms with Crippen LogP contribution in [0, 0.1) is 0 Å². The Hall–Kier alpha value is -3.61. The zero-order chi connectivity index (χ0) is 18.5. The van der Waals surface area contributed by atoms with Crippen LogP contribution in [-0.2, 0) is 0 Å². The Labute approximate surface area is 150 Å². The molecule has 1 heterocycles. The molecule has 0 aliphatic heterocycles. The van der Waals surface area contributed by atoms with Gasteiger partial charge in [0.05, 0.1) is 18.5 Å². The lowest BCUT2D eigenvalue weighted by Gasteiger charge is -2.02. The van der Waals surface area contributed by atoms with Crippen molar-refractivity contribution in [1.82, 2.24) is 15.6 Å². The number of aromatic amines is 1. The van der Waals surface area contributed by atoms with Crippen LogP contribution in [0.1, 0.15) is 23.0 Å². The minimum Gasteiger partial charge on any atom is -0.508 e. The first-order valence-corrected chi connectivity index (χ1v) is 7.90. The van der Waals surface area contributed by atoms with Gasteiger partial charge >= 0.3 is 0 Å². The molecule has 2 aromatic carbocycles. The van der Waals surface area contributed by atoms with Gasteiger partial charge in [-0.1, -0.05) is 0 Å². The highest BCUT2D eigenvalue weighted by molar-refractivity contribution is 6.00. The van der Waals surface area contributed by atoms with E-state index in [1.54, 1.807) is 44.4 Å². The molecule has 132 valence electrons. The third kappa shape index (κ3) is 3.89. The first-order chi connectivity index (χ1) is 12.6. The van der Waals surface area contributed by atoms with Gasteiger partial charge < -0.3 is 9.84 Å². The summed E-state index contributed by atoms with van der Waals surface area (Å²) in [4.78, 5) is 12.2. The number of hydrazone groups is 1. The van der Waals surface area contributed by atoms with Crippen molar-refractivity contribution in [3.8, 4) is 22.8 Å². The van der Waals surface area contributed by atoms with Crippen molar-refractivity contribution < 1.29 is 14.6 Å². The van der Waals surface area contributed by atoms with Crippen molar-refractivity contribution in [2.24, 2.45) is 5.10 Å². The highest BCUT2D eigenvalue weighted by Crippen LogP contribution is 2.21. The number of aromatic hydroxyl groups is 1. The van der Waals surface area contributed by atoms with Gasteiger partial charge in [0.2, 0.25) is 0 Å². The van der Waals surface area contributed by atoms with E-state index in [1.807, 2.05) is 24.3 Å². The van der Waals surface area contributed by atoms with Crippen molar-refractivity contribution in [2.45, 2.75) is 6.92 Å². The molecular weight excluding hydrogens is 332 g/mol. The molecule has 0 unspecified atom stereocenters. The third-order valence-corrected chi connectivity index (χ3v) is 3.82. The van der Waals surface area contributed by atoms with Crippen LogP contribution in [-0.4, -0.2) is 34.0 Å². The number of phenols is 1. The summed E-state index contributed by atoms with van der Waals surface area (Å²) in [5.74, 6) is 0.533. The fraction of sp³-hybridized carbons (Fsp3) is 0.105. The molecular formula is C19H18N4O3. The van der Waals surface area contributed by atoms with E-state index in [4.69, 9.17) is 4.74 Å². The van der Waals surface area contributed by atoms with Gasteiger partial charge in [0.1, 0.15) is 17.2 Å². The first kappa shape index (κ1) is 17.2. The summed E-state index contributed by atoms with van der Waals surface area (Å²) in [5.41, 5.74) is 5.73. The van der Waals surface area contributed by atoms with Crippen LogP contribution in [0.25, 0.3) is 11.3 Å². The van der Waals surface area contributed by atoms with Gasteiger partial charge in [0, 0.05) is 5.56 Å². The second kappa shape index (κ2) is 7.52. The maximum absolute atomic E-state index is 12.2. The van der Waals surface area contributed by atoms with Gasteiger partial charge in [-0.2, -0.15) is 10.2 Å². The van der Waals surface area contributed by atoms with Gasteiger partial charge in [-0.3, -0.25) is 9.89 Å². The van der Waals surface area contributed by atoms with E-state index in [0.717, 1.165) is 16.9 Å². The number of phenolic OH excluding ortho intramolecular Hbond substituents is 1. The summed E-state index contributed by atoms with van der Waals surface area (Å²) in [6, 6.07) is 15.6. The lowest BCUT2D eigenvalue weighted by Crippen LogP contribution is -2.19. The number of H-pyrrole nitrogens is 1. The Kier molecular flexibility index (Phi) is 4.98. The predicted molar refractivity (Wildman–Crippen MR) is 98.4 cm³/mol. The monoisotopic (exact) mass is 350 g/mol. The number of nitrogens with zero attached hydrogens (tertiary/aromatic N) is 2. The number of carbonyl (C=O) groups is 1. The van der Waals surface area contributed by atoms with Crippen molar-refractivity contribution in [3.63, 3.8) is 0 Å². The Morgan fingerprint density at radius 1 is 1.15 bits per heavy atom. The molecule has 1 amide bonds. The molecule has 7 nitrogen and oxygen atoms in total. The van der Waals surface area contributed by atoms with E-state index in [-0.39, 0.29) is 5.75 Å². The number of aromatic nitrogens is 2. The number of hydrogen-bond acceptors (Lipinski definition) is 5. The van der Waals surface area contributed by atoms with E-state index in [2.05, 4.69) is 20.7 Å². The fourth-order valence-corrected chi connectivity index (χ4v) is 2.31. The van der Waals surface area contributed by atoms with Gasteiger partial charge in [-0.15, -0.1) is 0 Å². The van der Waals surface area contributed by atoms with E-state index in [0.29, 0.717) is 17.1 Å². The molecule has 7 heteroatoms. The van der Waals surface area contributed by atoms with Crippen molar-refractivity contribution >= 4 is 11.6 Å². The minimum absolute atomic E-state index is 0.175. The highest BCUT2D eigenvalue weighted by Gasteiger charge is 2.11. The maximum atomic E-state index is 12.2. The smallest absolute Gasteiger partial charge is 0.289 e. The van der Waals surface area contributed by atoms with Crippen LogP contribution in [0.5, 0.6) is 11.5 Å². The number of carbonyl (C=O) groups excluding carboxylic acids is 1. The molecule has 3 N–H and O–H groups in total. The Bertz CT molecular complexity index is 928. The van der Waals surface area contributed by atoms with Crippen LogP contribution >= 0.6 is 0 Å². The third-order valence-electron chi connectivity index (χ3n) is 3.82. The molecule has 26 heavy (non-hydrogen) atoms. The van der Waals surface area contributed by atoms with Gasteiger partial charge in [0.25, 0.3) is 5.91 Å². The summed E-state index contributed by atoms with van der Waals surface area (Å²) in [5, 5.41) is 20.2. The number of ether oxygens (including phenoxy) is 1. The summed E-state index contributed by atoms with van der Waals surface area (Å²) >= 11 is 0. The zero-order valence-corrected chi connectivity index (χ0v) is 14.4. The fourth-order valence-electron chi connectivity index (χ4n) is 2.31. The Morgan fingerprint density at radius 2 is 1.85 bits per heavy atom. The lowest BCUT2D eigenvalue weighted by molar-refractivity contribution is 0.0950. The Morgan fingerprint density at radius 3 is 2.50 bits per heavy atom. The average Bonchev–Trinajstić information content (AvgIpc) is 3.17. The quantitative estimate of drug-likeness (QED) is 0.486. The zero-order valence-electron chi connectivity index (χ0n) is 14.4. The van der Waals surface area contributed by atoms with Crippen LogP contribution < -0.4 is 10.2 Å². The second-order valence-electron chi connectivity index (χ2n) is 5.58. The molecule has 0 atom stereocenters. The molecule has 0 aliphatic carbocycles.